The van der Waals surface area contributed by atoms with E-state index in [1.807, 2.05) is 20.9 Å². The molecule has 0 saturated carbocycles. The Morgan fingerprint density at radius 2 is 1.91 bits per heavy atom. The van der Waals surface area contributed by atoms with Crippen molar-refractivity contribution in [1.82, 2.24) is 20.6 Å². The van der Waals surface area contributed by atoms with Crippen LogP contribution in [0.25, 0.3) is 0 Å². The highest BCUT2D eigenvalue weighted by Crippen LogP contribution is 2.15. The third kappa shape index (κ3) is 4.10. The van der Waals surface area contributed by atoms with Crippen molar-refractivity contribution in [2.24, 2.45) is 7.05 Å². The van der Waals surface area contributed by atoms with E-state index in [9.17, 15) is 9.59 Å². The summed E-state index contributed by atoms with van der Waals surface area (Å²) in [5, 5.41) is 4.65. The number of carbonyl (C=O) groups is 2. The fourth-order valence-corrected chi connectivity index (χ4v) is 2.54. The molecular formula is C16H19ClN4O2. The standard InChI is InChI=1S/C16H19ClN4O2/c1-10-12(11(2)21(3)20-10)8-9-15(22)18-19-16(23)13-6-4-5-7-14(13)17/h4-7H,8-9H2,1-3H3,(H,18,22)(H,19,23). The van der Waals surface area contributed by atoms with Gasteiger partial charge >= 0.3 is 0 Å². The van der Waals surface area contributed by atoms with E-state index in [4.69, 9.17) is 11.6 Å². The van der Waals surface area contributed by atoms with E-state index < -0.39 is 5.91 Å². The van der Waals surface area contributed by atoms with E-state index in [1.54, 1.807) is 28.9 Å². The number of rotatable bonds is 4. The largest absolute Gasteiger partial charge is 0.273 e. The minimum absolute atomic E-state index is 0.260. The highest BCUT2D eigenvalue weighted by Gasteiger charge is 2.13. The second-order valence-electron chi connectivity index (χ2n) is 5.26. The number of hydrazine groups is 1. The topological polar surface area (TPSA) is 76.0 Å². The lowest BCUT2D eigenvalue weighted by atomic mass is 10.1. The van der Waals surface area contributed by atoms with Gasteiger partial charge in [0.05, 0.1) is 16.3 Å². The lowest BCUT2D eigenvalue weighted by Gasteiger charge is -2.08. The Hall–Kier alpha value is -2.34. The average Bonchev–Trinajstić information content (AvgIpc) is 2.76. The van der Waals surface area contributed by atoms with Gasteiger partial charge in [0.2, 0.25) is 5.91 Å². The first-order valence-electron chi connectivity index (χ1n) is 7.23. The number of nitrogens with one attached hydrogen (secondary N) is 2. The molecule has 6 nitrogen and oxygen atoms in total. The van der Waals surface area contributed by atoms with Crippen LogP contribution in [0.4, 0.5) is 0 Å². The van der Waals surface area contributed by atoms with Crippen molar-refractivity contribution in [1.29, 1.82) is 0 Å². The quantitative estimate of drug-likeness (QED) is 0.840. The predicted molar refractivity (Wildman–Crippen MR) is 88.1 cm³/mol. The lowest BCUT2D eigenvalue weighted by Crippen LogP contribution is -2.41. The third-order valence-corrected chi connectivity index (χ3v) is 4.02. The number of nitrogens with zero attached hydrogens (tertiary/aromatic N) is 2. The van der Waals surface area contributed by atoms with Crippen LogP contribution in [0.1, 0.15) is 33.7 Å². The van der Waals surface area contributed by atoms with Crippen LogP contribution in [-0.2, 0) is 18.3 Å². The molecule has 0 radical (unpaired) electrons. The number of hydrogen-bond acceptors (Lipinski definition) is 3. The van der Waals surface area contributed by atoms with Crippen LogP contribution in [0, 0.1) is 13.8 Å². The molecule has 2 aromatic rings. The van der Waals surface area contributed by atoms with Gasteiger partial charge in [0, 0.05) is 19.2 Å². The zero-order valence-electron chi connectivity index (χ0n) is 13.3. The summed E-state index contributed by atoms with van der Waals surface area (Å²) in [5.74, 6) is -0.717. The van der Waals surface area contributed by atoms with Crippen molar-refractivity contribution in [3.8, 4) is 0 Å². The van der Waals surface area contributed by atoms with Crippen molar-refractivity contribution in [3.63, 3.8) is 0 Å². The Kier molecular flexibility index (Phi) is 5.39. The van der Waals surface area contributed by atoms with Crippen LogP contribution in [0.3, 0.4) is 0 Å². The van der Waals surface area contributed by atoms with Crippen LogP contribution in [0.5, 0.6) is 0 Å². The molecule has 0 atom stereocenters. The molecule has 2 amide bonds. The summed E-state index contributed by atoms with van der Waals surface area (Å²) in [4.78, 5) is 23.8. The molecule has 0 fully saturated rings. The molecule has 0 aliphatic heterocycles. The minimum Gasteiger partial charge on any atom is -0.273 e. The Labute approximate surface area is 139 Å². The summed E-state index contributed by atoms with van der Waals surface area (Å²) in [6.45, 7) is 3.88. The molecule has 1 heterocycles. The third-order valence-electron chi connectivity index (χ3n) is 3.69. The summed E-state index contributed by atoms with van der Waals surface area (Å²) in [5.41, 5.74) is 8.09. The number of aryl methyl sites for hydroxylation is 2. The summed E-state index contributed by atoms with van der Waals surface area (Å²) >= 11 is 5.93. The second-order valence-corrected chi connectivity index (χ2v) is 5.66. The predicted octanol–water partition coefficient (Wildman–Crippen LogP) is 2.08. The first-order valence-corrected chi connectivity index (χ1v) is 7.60. The molecule has 0 spiro atoms. The number of amides is 2. The maximum Gasteiger partial charge on any atom is 0.271 e. The maximum absolute atomic E-state index is 11.9. The Morgan fingerprint density at radius 3 is 2.52 bits per heavy atom. The highest BCUT2D eigenvalue weighted by atomic mass is 35.5. The van der Waals surface area contributed by atoms with Gasteiger partial charge in [0.15, 0.2) is 0 Å². The van der Waals surface area contributed by atoms with Gasteiger partial charge in [-0.25, -0.2) is 0 Å². The summed E-state index contributed by atoms with van der Waals surface area (Å²) < 4.78 is 1.79. The molecule has 0 aliphatic carbocycles. The van der Waals surface area contributed by atoms with Crippen molar-refractivity contribution in [2.75, 3.05) is 0 Å². The van der Waals surface area contributed by atoms with Crippen LogP contribution in [-0.4, -0.2) is 21.6 Å². The van der Waals surface area contributed by atoms with E-state index in [1.165, 1.54) is 0 Å². The molecule has 1 aromatic heterocycles. The molecule has 0 unspecified atom stereocenters. The molecule has 0 bridgehead atoms. The van der Waals surface area contributed by atoms with Gasteiger partial charge in [0.25, 0.3) is 5.91 Å². The van der Waals surface area contributed by atoms with Crippen molar-refractivity contribution < 1.29 is 9.59 Å². The smallest absolute Gasteiger partial charge is 0.271 e. The minimum atomic E-state index is -0.447. The summed E-state index contributed by atoms with van der Waals surface area (Å²) in [6, 6.07) is 6.64. The van der Waals surface area contributed by atoms with Crippen molar-refractivity contribution in [3.05, 3.63) is 51.8 Å². The molecular weight excluding hydrogens is 316 g/mol. The highest BCUT2D eigenvalue weighted by molar-refractivity contribution is 6.33. The van der Waals surface area contributed by atoms with E-state index >= 15 is 0 Å². The van der Waals surface area contributed by atoms with Gasteiger partial charge in [-0.05, 0) is 38.0 Å². The fraction of sp³-hybridized carbons (Fsp3) is 0.312. The van der Waals surface area contributed by atoms with Gasteiger partial charge in [0.1, 0.15) is 0 Å². The van der Waals surface area contributed by atoms with Gasteiger partial charge < -0.3 is 0 Å². The van der Waals surface area contributed by atoms with Crippen LogP contribution in [0.15, 0.2) is 24.3 Å². The van der Waals surface area contributed by atoms with E-state index in [0.29, 0.717) is 17.0 Å². The van der Waals surface area contributed by atoms with E-state index in [0.717, 1.165) is 17.0 Å². The average molecular weight is 335 g/mol. The van der Waals surface area contributed by atoms with Crippen LogP contribution < -0.4 is 10.9 Å². The molecule has 2 rings (SSSR count). The number of hydrogen-bond donors (Lipinski definition) is 2. The van der Waals surface area contributed by atoms with Crippen LogP contribution in [0.2, 0.25) is 5.02 Å². The zero-order chi connectivity index (χ0) is 17.0. The number of aromatic nitrogens is 2. The van der Waals surface area contributed by atoms with Gasteiger partial charge in [-0.2, -0.15) is 5.10 Å². The van der Waals surface area contributed by atoms with E-state index in [2.05, 4.69) is 16.0 Å². The van der Waals surface area contributed by atoms with Gasteiger partial charge in [-0.15, -0.1) is 0 Å². The molecule has 0 aliphatic rings. The van der Waals surface area contributed by atoms with Crippen molar-refractivity contribution in [2.45, 2.75) is 26.7 Å². The van der Waals surface area contributed by atoms with Crippen molar-refractivity contribution >= 4 is 23.4 Å². The first-order chi connectivity index (χ1) is 10.9. The Balaban J connectivity index is 1.86. The molecule has 7 heteroatoms. The van der Waals surface area contributed by atoms with E-state index in [-0.39, 0.29) is 12.3 Å². The zero-order valence-corrected chi connectivity index (χ0v) is 14.1. The first kappa shape index (κ1) is 17.0. The Morgan fingerprint density at radius 1 is 1.22 bits per heavy atom. The normalized spacial score (nSPS) is 10.4. The summed E-state index contributed by atoms with van der Waals surface area (Å²) in [6.07, 6.45) is 0.829. The molecule has 2 N–H and O–H groups in total. The molecule has 23 heavy (non-hydrogen) atoms. The van der Waals surface area contributed by atoms with Crippen LogP contribution >= 0.6 is 11.6 Å². The maximum atomic E-state index is 11.9. The molecule has 1 aromatic carbocycles. The SMILES string of the molecule is Cc1nn(C)c(C)c1CCC(=O)NNC(=O)c1ccccc1Cl. The fourth-order valence-electron chi connectivity index (χ4n) is 2.32. The number of carbonyl (C=O) groups excluding carboxylic acids is 2. The van der Waals surface area contributed by atoms with Gasteiger partial charge in [-0.1, -0.05) is 23.7 Å². The molecule has 122 valence electrons. The monoisotopic (exact) mass is 334 g/mol. The second kappa shape index (κ2) is 7.28. The number of halogens is 1. The summed E-state index contributed by atoms with van der Waals surface area (Å²) in [7, 11) is 1.87. The molecule has 0 saturated heterocycles. The Bertz CT molecular complexity index is 740. The lowest BCUT2D eigenvalue weighted by molar-refractivity contribution is -0.121. The van der Waals surface area contributed by atoms with Gasteiger partial charge in [-0.3, -0.25) is 25.1 Å². The number of benzene rings is 1.